The summed E-state index contributed by atoms with van der Waals surface area (Å²) in [5.41, 5.74) is 1.18. The lowest BCUT2D eigenvalue weighted by atomic mass is 10.1. The Bertz CT molecular complexity index is 983. The molecule has 1 aliphatic rings. The summed E-state index contributed by atoms with van der Waals surface area (Å²) in [5.74, 6) is 0.636. The maximum Gasteiger partial charge on any atom is 0.268 e. The van der Waals surface area contributed by atoms with Crippen LogP contribution in [0.1, 0.15) is 24.8 Å². The predicted octanol–water partition coefficient (Wildman–Crippen LogP) is 3.22. The molecule has 1 fully saturated rings. The van der Waals surface area contributed by atoms with Gasteiger partial charge in [-0.25, -0.2) is 8.42 Å². The SMILES string of the molecule is COc1ccc(N(CC(=O)N2CCCCC2)S(=O)(=O)c2cc(C)ccc2OC)cc1. The van der Waals surface area contributed by atoms with E-state index < -0.39 is 10.0 Å². The Morgan fingerprint density at radius 2 is 1.67 bits per heavy atom. The molecule has 0 aliphatic carbocycles. The van der Waals surface area contributed by atoms with Crippen LogP contribution in [-0.2, 0) is 14.8 Å². The average Bonchev–Trinajstić information content (AvgIpc) is 2.78. The number of sulfonamides is 1. The molecule has 1 saturated heterocycles. The molecule has 1 amide bonds. The van der Waals surface area contributed by atoms with Gasteiger partial charge in [0.25, 0.3) is 10.0 Å². The van der Waals surface area contributed by atoms with Crippen LogP contribution in [-0.4, -0.2) is 53.1 Å². The minimum Gasteiger partial charge on any atom is -0.497 e. The third-order valence-corrected chi connectivity index (χ3v) is 7.03. The van der Waals surface area contributed by atoms with Gasteiger partial charge in [-0.2, -0.15) is 0 Å². The van der Waals surface area contributed by atoms with Crippen LogP contribution in [0.15, 0.2) is 47.4 Å². The van der Waals surface area contributed by atoms with E-state index in [1.165, 1.54) is 7.11 Å². The number of benzene rings is 2. The molecule has 0 aromatic heterocycles. The van der Waals surface area contributed by atoms with E-state index in [0.717, 1.165) is 29.1 Å². The molecule has 7 nitrogen and oxygen atoms in total. The van der Waals surface area contributed by atoms with Crippen molar-refractivity contribution in [3.8, 4) is 11.5 Å². The van der Waals surface area contributed by atoms with E-state index in [1.807, 2.05) is 6.92 Å². The maximum atomic E-state index is 13.7. The van der Waals surface area contributed by atoms with E-state index in [4.69, 9.17) is 9.47 Å². The minimum absolute atomic E-state index is 0.0345. The molecule has 2 aromatic rings. The van der Waals surface area contributed by atoms with Crippen molar-refractivity contribution in [2.24, 2.45) is 0 Å². The number of carbonyl (C=O) groups excluding carboxylic acids is 1. The fraction of sp³-hybridized carbons (Fsp3) is 0.409. The number of hydrogen-bond acceptors (Lipinski definition) is 5. The van der Waals surface area contributed by atoms with Gasteiger partial charge >= 0.3 is 0 Å². The van der Waals surface area contributed by atoms with Crippen molar-refractivity contribution in [2.75, 3.05) is 38.2 Å². The van der Waals surface area contributed by atoms with Gasteiger partial charge in [0.2, 0.25) is 5.91 Å². The van der Waals surface area contributed by atoms with Crippen LogP contribution in [0, 0.1) is 6.92 Å². The van der Waals surface area contributed by atoms with Gasteiger partial charge in [0.05, 0.1) is 19.9 Å². The highest BCUT2D eigenvalue weighted by Crippen LogP contribution is 2.31. The molecule has 0 saturated carbocycles. The highest BCUT2D eigenvalue weighted by molar-refractivity contribution is 7.93. The number of amides is 1. The van der Waals surface area contributed by atoms with Crippen molar-refractivity contribution in [2.45, 2.75) is 31.1 Å². The number of carbonyl (C=O) groups is 1. The zero-order valence-corrected chi connectivity index (χ0v) is 18.4. The Morgan fingerprint density at radius 1 is 1.00 bits per heavy atom. The second kappa shape index (κ2) is 9.38. The van der Waals surface area contributed by atoms with Crippen LogP contribution < -0.4 is 13.8 Å². The van der Waals surface area contributed by atoms with Crippen LogP contribution in [0.4, 0.5) is 5.69 Å². The largest absolute Gasteiger partial charge is 0.497 e. The van der Waals surface area contributed by atoms with E-state index >= 15 is 0 Å². The summed E-state index contributed by atoms with van der Waals surface area (Å²) in [6.07, 6.45) is 2.96. The van der Waals surface area contributed by atoms with E-state index in [2.05, 4.69) is 0 Å². The molecule has 2 aromatic carbocycles. The summed E-state index contributed by atoms with van der Waals surface area (Å²) in [5, 5.41) is 0. The second-order valence-electron chi connectivity index (χ2n) is 7.31. The number of methoxy groups -OCH3 is 2. The topological polar surface area (TPSA) is 76.2 Å². The monoisotopic (exact) mass is 432 g/mol. The van der Waals surface area contributed by atoms with Gasteiger partial charge in [-0.15, -0.1) is 0 Å². The molecule has 1 aliphatic heterocycles. The summed E-state index contributed by atoms with van der Waals surface area (Å²) < 4.78 is 39.0. The Hall–Kier alpha value is -2.74. The summed E-state index contributed by atoms with van der Waals surface area (Å²) >= 11 is 0. The zero-order chi connectivity index (χ0) is 21.7. The third-order valence-electron chi connectivity index (χ3n) is 5.24. The van der Waals surface area contributed by atoms with Crippen LogP contribution in [0.5, 0.6) is 11.5 Å². The normalized spacial score (nSPS) is 14.3. The number of piperidine rings is 1. The third kappa shape index (κ3) is 4.70. The van der Waals surface area contributed by atoms with Crippen molar-refractivity contribution >= 4 is 21.6 Å². The zero-order valence-electron chi connectivity index (χ0n) is 17.6. The van der Waals surface area contributed by atoms with Crippen molar-refractivity contribution < 1.29 is 22.7 Å². The molecule has 0 atom stereocenters. The quantitative estimate of drug-likeness (QED) is 0.672. The molecule has 0 radical (unpaired) electrons. The number of ether oxygens (including phenoxy) is 2. The molecule has 0 unspecified atom stereocenters. The van der Waals surface area contributed by atoms with E-state index in [9.17, 15) is 13.2 Å². The second-order valence-corrected chi connectivity index (χ2v) is 9.14. The van der Waals surface area contributed by atoms with Crippen molar-refractivity contribution in [3.05, 3.63) is 48.0 Å². The Balaban J connectivity index is 2.03. The number of likely N-dealkylation sites (tertiary alicyclic amines) is 1. The average molecular weight is 433 g/mol. The Kier molecular flexibility index (Phi) is 6.87. The Labute approximate surface area is 178 Å². The lowest BCUT2D eigenvalue weighted by Crippen LogP contribution is -2.44. The first kappa shape index (κ1) is 22.0. The molecular formula is C22H28N2O5S. The van der Waals surface area contributed by atoms with E-state index in [0.29, 0.717) is 24.5 Å². The Morgan fingerprint density at radius 3 is 2.27 bits per heavy atom. The highest BCUT2D eigenvalue weighted by Gasteiger charge is 2.31. The molecule has 8 heteroatoms. The number of hydrogen-bond donors (Lipinski definition) is 0. The molecule has 0 spiro atoms. The van der Waals surface area contributed by atoms with Crippen LogP contribution >= 0.6 is 0 Å². The van der Waals surface area contributed by atoms with Crippen molar-refractivity contribution in [1.82, 2.24) is 4.90 Å². The fourth-order valence-electron chi connectivity index (χ4n) is 3.53. The lowest BCUT2D eigenvalue weighted by Gasteiger charge is -2.31. The summed E-state index contributed by atoms with van der Waals surface area (Å²) in [4.78, 5) is 14.7. The maximum absolute atomic E-state index is 13.7. The van der Waals surface area contributed by atoms with Crippen molar-refractivity contribution in [3.63, 3.8) is 0 Å². The number of aryl methyl sites for hydroxylation is 1. The van der Waals surface area contributed by atoms with Crippen LogP contribution in [0.25, 0.3) is 0 Å². The fourth-order valence-corrected chi connectivity index (χ4v) is 5.19. The number of rotatable bonds is 7. The lowest BCUT2D eigenvalue weighted by molar-refractivity contribution is -0.130. The van der Waals surface area contributed by atoms with E-state index in [1.54, 1.807) is 54.5 Å². The van der Waals surface area contributed by atoms with Gasteiger partial charge in [0.1, 0.15) is 22.9 Å². The van der Waals surface area contributed by atoms with Gasteiger partial charge in [0.15, 0.2) is 0 Å². The summed E-state index contributed by atoms with van der Waals surface area (Å²) in [6.45, 7) is 2.85. The first-order chi connectivity index (χ1) is 14.4. The van der Waals surface area contributed by atoms with Gasteiger partial charge in [-0.3, -0.25) is 9.10 Å². The molecule has 30 heavy (non-hydrogen) atoms. The molecular weight excluding hydrogens is 404 g/mol. The van der Waals surface area contributed by atoms with Gasteiger partial charge < -0.3 is 14.4 Å². The van der Waals surface area contributed by atoms with Crippen LogP contribution in [0.3, 0.4) is 0 Å². The standard InChI is InChI=1S/C22H28N2O5S/c1-17-7-12-20(29-3)21(15-17)30(26,27)24(18-8-10-19(28-2)11-9-18)16-22(25)23-13-5-4-6-14-23/h7-12,15H,4-6,13-14,16H2,1-3H3. The number of anilines is 1. The van der Waals surface area contributed by atoms with Gasteiger partial charge in [0, 0.05) is 13.1 Å². The molecule has 1 heterocycles. The first-order valence-corrected chi connectivity index (χ1v) is 11.4. The summed E-state index contributed by atoms with van der Waals surface area (Å²) in [7, 11) is -1.08. The van der Waals surface area contributed by atoms with E-state index in [-0.39, 0.29) is 23.1 Å². The summed E-state index contributed by atoms with van der Waals surface area (Å²) in [6, 6.07) is 11.6. The molecule has 0 bridgehead atoms. The predicted molar refractivity (Wildman–Crippen MR) is 116 cm³/mol. The number of nitrogens with zero attached hydrogens (tertiary/aromatic N) is 2. The van der Waals surface area contributed by atoms with Crippen LogP contribution in [0.2, 0.25) is 0 Å². The van der Waals surface area contributed by atoms with Crippen molar-refractivity contribution in [1.29, 1.82) is 0 Å². The first-order valence-electron chi connectivity index (χ1n) is 9.96. The van der Waals surface area contributed by atoms with Gasteiger partial charge in [-0.05, 0) is 68.1 Å². The molecule has 3 rings (SSSR count). The smallest absolute Gasteiger partial charge is 0.268 e. The minimum atomic E-state index is -4.05. The molecule has 0 N–H and O–H groups in total. The van der Waals surface area contributed by atoms with Gasteiger partial charge in [-0.1, -0.05) is 6.07 Å². The molecule has 162 valence electrons. The highest BCUT2D eigenvalue weighted by atomic mass is 32.2.